The van der Waals surface area contributed by atoms with Gasteiger partial charge in [-0.05, 0) is 51.3 Å². The van der Waals surface area contributed by atoms with E-state index in [4.69, 9.17) is 9.47 Å². The molecular formula is C21H30N2O4. The first kappa shape index (κ1) is 19.8. The molecule has 1 aliphatic carbocycles. The molecule has 0 radical (unpaired) electrons. The highest BCUT2D eigenvalue weighted by Gasteiger charge is 2.37. The van der Waals surface area contributed by atoms with Gasteiger partial charge in [-0.2, -0.15) is 0 Å². The maximum Gasteiger partial charge on any atom is 0.231 e. The van der Waals surface area contributed by atoms with Crippen molar-refractivity contribution in [2.24, 2.45) is 5.92 Å². The number of rotatable bonds is 9. The SMILES string of the molecule is COCCCOc1cc(N(C(=O)[C@@H]2CCCNC2)C2CC2)ccc1C(C)=O. The number of nitrogens with zero attached hydrogens (tertiary/aromatic N) is 1. The first-order valence-electron chi connectivity index (χ1n) is 9.92. The lowest BCUT2D eigenvalue weighted by Gasteiger charge is -2.30. The van der Waals surface area contributed by atoms with E-state index in [1.807, 2.05) is 17.0 Å². The van der Waals surface area contributed by atoms with Crippen molar-refractivity contribution >= 4 is 17.4 Å². The normalized spacial score (nSPS) is 19.6. The quantitative estimate of drug-likeness (QED) is 0.532. The van der Waals surface area contributed by atoms with Crippen molar-refractivity contribution in [3.8, 4) is 5.75 Å². The third-order valence-corrected chi connectivity index (χ3v) is 5.17. The van der Waals surface area contributed by atoms with Gasteiger partial charge in [-0.25, -0.2) is 0 Å². The number of methoxy groups -OCH3 is 1. The number of benzene rings is 1. The first-order valence-corrected chi connectivity index (χ1v) is 9.92. The van der Waals surface area contributed by atoms with E-state index in [9.17, 15) is 9.59 Å². The van der Waals surface area contributed by atoms with Gasteiger partial charge in [-0.15, -0.1) is 0 Å². The summed E-state index contributed by atoms with van der Waals surface area (Å²) in [4.78, 5) is 27.1. The van der Waals surface area contributed by atoms with Crippen molar-refractivity contribution < 1.29 is 19.1 Å². The summed E-state index contributed by atoms with van der Waals surface area (Å²) in [5.41, 5.74) is 1.39. The van der Waals surface area contributed by atoms with Crippen LogP contribution < -0.4 is 15.0 Å². The third-order valence-electron chi connectivity index (χ3n) is 5.17. The Bertz CT molecular complexity index is 666. The monoisotopic (exact) mass is 374 g/mol. The Balaban J connectivity index is 1.81. The Labute approximate surface area is 161 Å². The second-order valence-corrected chi connectivity index (χ2v) is 7.41. The van der Waals surface area contributed by atoms with Crippen LogP contribution in [0.3, 0.4) is 0 Å². The molecule has 1 aromatic rings. The van der Waals surface area contributed by atoms with Gasteiger partial charge in [0.05, 0.1) is 18.1 Å². The fourth-order valence-corrected chi connectivity index (χ4v) is 3.57. The summed E-state index contributed by atoms with van der Waals surface area (Å²) in [6.07, 6.45) is 4.78. The number of carbonyl (C=O) groups excluding carboxylic acids is 2. The lowest BCUT2D eigenvalue weighted by molar-refractivity contribution is -0.123. The highest BCUT2D eigenvalue weighted by Crippen LogP contribution is 2.36. The summed E-state index contributed by atoms with van der Waals surface area (Å²) in [5, 5.41) is 3.33. The van der Waals surface area contributed by atoms with Crippen LogP contribution in [0.5, 0.6) is 5.75 Å². The minimum Gasteiger partial charge on any atom is -0.493 e. The molecule has 0 aromatic heterocycles. The average Bonchev–Trinajstić information content (AvgIpc) is 3.51. The summed E-state index contributed by atoms with van der Waals surface area (Å²) < 4.78 is 10.9. The number of amides is 1. The first-order chi connectivity index (χ1) is 13.1. The smallest absolute Gasteiger partial charge is 0.231 e. The molecule has 1 atom stereocenters. The van der Waals surface area contributed by atoms with E-state index in [1.165, 1.54) is 6.92 Å². The van der Waals surface area contributed by atoms with Gasteiger partial charge in [0.1, 0.15) is 5.75 Å². The standard InChI is InChI=1S/C21H30N2O4/c1-15(24)19-9-8-18(13-20(19)27-12-4-11-26-2)23(17-6-7-17)21(25)16-5-3-10-22-14-16/h8-9,13,16-17,22H,3-7,10-12,14H2,1-2H3/t16-/m1/s1. The fraction of sp³-hybridized carbons (Fsp3) is 0.619. The van der Waals surface area contributed by atoms with Gasteiger partial charge in [0.25, 0.3) is 0 Å². The van der Waals surface area contributed by atoms with Crippen LogP contribution in [0.4, 0.5) is 5.69 Å². The van der Waals surface area contributed by atoms with Crippen LogP contribution in [-0.4, -0.2) is 51.1 Å². The van der Waals surface area contributed by atoms with E-state index in [0.717, 1.165) is 50.9 Å². The molecular weight excluding hydrogens is 344 g/mol. The lowest BCUT2D eigenvalue weighted by atomic mass is 9.97. The van der Waals surface area contributed by atoms with Crippen molar-refractivity contribution in [1.82, 2.24) is 5.32 Å². The molecule has 1 N–H and O–H groups in total. The lowest BCUT2D eigenvalue weighted by Crippen LogP contribution is -2.44. The van der Waals surface area contributed by atoms with Crippen LogP contribution in [-0.2, 0) is 9.53 Å². The maximum absolute atomic E-state index is 13.2. The number of ketones is 1. The molecule has 1 saturated heterocycles. The minimum absolute atomic E-state index is 0.0258. The van der Waals surface area contributed by atoms with Gasteiger partial charge in [0.15, 0.2) is 5.78 Å². The van der Waals surface area contributed by atoms with Gasteiger partial charge in [-0.3, -0.25) is 9.59 Å². The Kier molecular flexibility index (Phi) is 6.85. The second-order valence-electron chi connectivity index (χ2n) is 7.41. The predicted octanol–water partition coefficient (Wildman–Crippen LogP) is 2.80. The number of ether oxygens (including phenoxy) is 2. The zero-order valence-corrected chi connectivity index (χ0v) is 16.3. The van der Waals surface area contributed by atoms with Gasteiger partial charge in [0.2, 0.25) is 5.91 Å². The summed E-state index contributed by atoms with van der Waals surface area (Å²) in [5.74, 6) is 0.726. The average molecular weight is 374 g/mol. The Hall–Kier alpha value is -1.92. The van der Waals surface area contributed by atoms with Crippen LogP contribution in [0.15, 0.2) is 18.2 Å². The summed E-state index contributed by atoms with van der Waals surface area (Å²) >= 11 is 0. The van der Waals surface area contributed by atoms with Gasteiger partial charge >= 0.3 is 0 Å². The zero-order valence-electron chi connectivity index (χ0n) is 16.3. The molecule has 6 nitrogen and oxygen atoms in total. The van der Waals surface area contributed by atoms with Gasteiger partial charge in [0, 0.05) is 44.5 Å². The molecule has 2 aliphatic rings. The van der Waals surface area contributed by atoms with Crippen LogP contribution in [0.25, 0.3) is 0 Å². The molecule has 148 valence electrons. The molecule has 0 spiro atoms. The van der Waals surface area contributed by atoms with E-state index < -0.39 is 0 Å². The van der Waals surface area contributed by atoms with Crippen LogP contribution in [0.2, 0.25) is 0 Å². The molecule has 6 heteroatoms. The van der Waals surface area contributed by atoms with Crippen LogP contribution in [0.1, 0.15) is 49.4 Å². The third kappa shape index (κ3) is 5.08. The molecule has 3 rings (SSSR count). The number of hydrogen-bond acceptors (Lipinski definition) is 5. The Morgan fingerprint density at radius 2 is 2.04 bits per heavy atom. The van der Waals surface area contributed by atoms with Crippen molar-refractivity contribution in [3.63, 3.8) is 0 Å². The Morgan fingerprint density at radius 1 is 1.22 bits per heavy atom. The van der Waals surface area contributed by atoms with Crippen molar-refractivity contribution in [2.75, 3.05) is 38.3 Å². The fourth-order valence-electron chi connectivity index (χ4n) is 3.57. The number of hydrogen-bond donors (Lipinski definition) is 1. The van der Waals surface area contributed by atoms with Crippen LogP contribution in [0, 0.1) is 5.92 Å². The van der Waals surface area contributed by atoms with Crippen LogP contribution >= 0.6 is 0 Å². The van der Waals surface area contributed by atoms with E-state index >= 15 is 0 Å². The zero-order chi connectivity index (χ0) is 19.2. The number of carbonyl (C=O) groups is 2. The number of nitrogens with one attached hydrogen (secondary N) is 1. The van der Waals surface area contributed by atoms with E-state index in [1.54, 1.807) is 13.2 Å². The van der Waals surface area contributed by atoms with E-state index in [-0.39, 0.29) is 23.7 Å². The topological polar surface area (TPSA) is 67.9 Å². The van der Waals surface area contributed by atoms with E-state index in [2.05, 4.69) is 5.32 Å². The minimum atomic E-state index is -0.0379. The number of Topliss-reactive ketones (excluding diaryl/α,β-unsaturated/α-hetero) is 1. The number of anilines is 1. The molecule has 1 aliphatic heterocycles. The summed E-state index contributed by atoms with van der Waals surface area (Å²) in [7, 11) is 1.65. The number of piperidine rings is 1. The second kappa shape index (κ2) is 9.33. The molecule has 27 heavy (non-hydrogen) atoms. The van der Waals surface area contributed by atoms with Gasteiger partial charge in [-0.1, -0.05) is 0 Å². The molecule has 0 unspecified atom stereocenters. The summed E-state index contributed by atoms with van der Waals surface area (Å²) in [6.45, 7) is 4.35. The molecule has 1 aromatic carbocycles. The molecule has 1 heterocycles. The highest BCUT2D eigenvalue weighted by molar-refractivity contribution is 6.00. The van der Waals surface area contributed by atoms with Crippen molar-refractivity contribution in [1.29, 1.82) is 0 Å². The molecule has 1 amide bonds. The van der Waals surface area contributed by atoms with Crippen molar-refractivity contribution in [2.45, 2.75) is 45.1 Å². The highest BCUT2D eigenvalue weighted by atomic mass is 16.5. The van der Waals surface area contributed by atoms with Crippen molar-refractivity contribution in [3.05, 3.63) is 23.8 Å². The molecule has 2 fully saturated rings. The largest absolute Gasteiger partial charge is 0.493 e. The summed E-state index contributed by atoms with van der Waals surface area (Å²) in [6, 6.07) is 5.79. The molecule has 1 saturated carbocycles. The predicted molar refractivity (Wildman–Crippen MR) is 105 cm³/mol. The van der Waals surface area contributed by atoms with Gasteiger partial charge < -0.3 is 19.7 Å². The van der Waals surface area contributed by atoms with E-state index in [0.29, 0.717) is 24.5 Å². The molecule has 0 bridgehead atoms. The Morgan fingerprint density at radius 3 is 2.67 bits per heavy atom. The maximum atomic E-state index is 13.2.